The quantitative estimate of drug-likeness (QED) is 0.837. The number of benzene rings is 1. The van der Waals surface area contributed by atoms with E-state index in [9.17, 15) is 18.0 Å². The molecule has 7 heteroatoms. The summed E-state index contributed by atoms with van der Waals surface area (Å²) in [7, 11) is -3.90. The first-order valence-electron chi connectivity index (χ1n) is 6.75. The molecule has 1 aromatic rings. The SMILES string of the molecule is CCN(CC)C(=O)[C@]1(C)NS(=O)(=O)c2ccccc2C1=O. The molecular weight excluding hydrogens is 292 g/mol. The van der Waals surface area contributed by atoms with Gasteiger partial charge in [-0.2, -0.15) is 4.72 Å². The molecule has 0 aromatic heterocycles. The standard InChI is InChI=1S/C14H18N2O4S/c1-4-16(5-2)13(18)14(3)12(17)10-8-6-7-9-11(10)21(19,20)15-14/h6-9,15H,4-5H2,1-3H3/t14-/m1/s1. The van der Waals surface area contributed by atoms with Gasteiger partial charge in [0.05, 0.1) is 4.90 Å². The third-order valence-electron chi connectivity index (χ3n) is 3.69. The van der Waals surface area contributed by atoms with E-state index in [4.69, 9.17) is 0 Å². The normalized spacial score (nSPS) is 23.5. The zero-order valence-electron chi connectivity index (χ0n) is 12.2. The molecule has 1 atom stereocenters. The molecule has 1 aliphatic rings. The van der Waals surface area contributed by atoms with Gasteiger partial charge in [-0.3, -0.25) is 9.59 Å². The predicted octanol–water partition coefficient (Wildman–Crippen LogP) is 0.788. The first-order chi connectivity index (χ1) is 9.78. The van der Waals surface area contributed by atoms with Gasteiger partial charge < -0.3 is 4.90 Å². The van der Waals surface area contributed by atoms with Crippen LogP contribution in [0.1, 0.15) is 31.1 Å². The summed E-state index contributed by atoms with van der Waals surface area (Å²) in [4.78, 5) is 26.6. The van der Waals surface area contributed by atoms with Crippen molar-refractivity contribution in [2.45, 2.75) is 31.2 Å². The van der Waals surface area contributed by atoms with Crippen molar-refractivity contribution >= 4 is 21.7 Å². The number of rotatable bonds is 3. The number of nitrogens with one attached hydrogen (secondary N) is 1. The smallest absolute Gasteiger partial charge is 0.251 e. The average Bonchev–Trinajstić information content (AvgIpc) is 2.46. The molecule has 1 aliphatic heterocycles. The molecule has 0 unspecified atom stereocenters. The van der Waals surface area contributed by atoms with Crippen LogP contribution in [0.2, 0.25) is 0 Å². The maximum atomic E-state index is 12.6. The highest BCUT2D eigenvalue weighted by molar-refractivity contribution is 7.89. The van der Waals surface area contributed by atoms with Gasteiger partial charge in [0.1, 0.15) is 0 Å². The van der Waals surface area contributed by atoms with Crippen LogP contribution >= 0.6 is 0 Å². The maximum Gasteiger partial charge on any atom is 0.251 e. The number of hydrogen-bond donors (Lipinski definition) is 1. The Balaban J connectivity index is 2.59. The van der Waals surface area contributed by atoms with E-state index >= 15 is 0 Å². The summed E-state index contributed by atoms with van der Waals surface area (Å²) in [5.41, 5.74) is -1.74. The van der Waals surface area contributed by atoms with Gasteiger partial charge in [0.2, 0.25) is 10.0 Å². The summed E-state index contributed by atoms with van der Waals surface area (Å²) in [5.74, 6) is -1.06. The number of fused-ring (bicyclic) bond motifs is 1. The van der Waals surface area contributed by atoms with Gasteiger partial charge >= 0.3 is 0 Å². The van der Waals surface area contributed by atoms with E-state index in [0.29, 0.717) is 13.1 Å². The minimum atomic E-state index is -3.90. The fourth-order valence-electron chi connectivity index (χ4n) is 2.50. The highest BCUT2D eigenvalue weighted by atomic mass is 32.2. The van der Waals surface area contributed by atoms with Crippen molar-refractivity contribution in [1.29, 1.82) is 0 Å². The lowest BCUT2D eigenvalue weighted by Gasteiger charge is -2.36. The van der Waals surface area contributed by atoms with Crippen LogP contribution in [-0.2, 0) is 14.8 Å². The Morgan fingerprint density at radius 2 is 1.81 bits per heavy atom. The topological polar surface area (TPSA) is 83.6 Å². The fourth-order valence-corrected chi connectivity index (χ4v) is 4.03. The molecule has 0 aliphatic carbocycles. The monoisotopic (exact) mass is 310 g/mol. The molecule has 1 N–H and O–H groups in total. The number of sulfonamides is 1. The molecule has 6 nitrogen and oxygen atoms in total. The number of ketones is 1. The number of Topliss-reactive ketones (excluding diaryl/α,β-unsaturated/α-hetero) is 1. The molecule has 2 rings (SSSR count). The lowest BCUT2D eigenvalue weighted by Crippen LogP contribution is -2.64. The minimum absolute atomic E-state index is 0.0549. The van der Waals surface area contributed by atoms with Crippen LogP contribution in [0.5, 0.6) is 0 Å². The summed E-state index contributed by atoms with van der Waals surface area (Å²) in [6, 6.07) is 5.92. The van der Waals surface area contributed by atoms with Crippen molar-refractivity contribution in [3.63, 3.8) is 0 Å². The number of likely N-dealkylation sites (N-methyl/N-ethyl adjacent to an activating group) is 1. The summed E-state index contributed by atoms with van der Waals surface area (Å²) in [6.07, 6.45) is 0. The van der Waals surface area contributed by atoms with Crippen molar-refractivity contribution in [2.24, 2.45) is 0 Å². The Morgan fingerprint density at radius 3 is 2.38 bits per heavy atom. The summed E-state index contributed by atoms with van der Waals surface area (Å²) < 4.78 is 26.9. The molecule has 0 fully saturated rings. The first-order valence-corrected chi connectivity index (χ1v) is 8.23. The Bertz CT molecular complexity index is 695. The third kappa shape index (κ3) is 2.36. The van der Waals surface area contributed by atoms with Crippen LogP contribution in [-0.4, -0.2) is 43.6 Å². The van der Waals surface area contributed by atoms with Gasteiger partial charge in [-0.05, 0) is 32.9 Å². The molecule has 0 bridgehead atoms. The van der Waals surface area contributed by atoms with E-state index in [1.165, 1.54) is 24.0 Å². The fraction of sp³-hybridized carbons (Fsp3) is 0.429. The van der Waals surface area contributed by atoms with Crippen molar-refractivity contribution in [3.05, 3.63) is 29.8 Å². The molecule has 1 amide bonds. The number of hydrogen-bond acceptors (Lipinski definition) is 4. The molecule has 0 radical (unpaired) electrons. The van der Waals surface area contributed by atoms with Crippen LogP contribution in [0, 0.1) is 0 Å². The van der Waals surface area contributed by atoms with Crippen molar-refractivity contribution in [1.82, 2.24) is 9.62 Å². The second kappa shape index (κ2) is 5.23. The summed E-state index contributed by atoms with van der Waals surface area (Å²) in [6.45, 7) is 5.69. The van der Waals surface area contributed by atoms with Crippen LogP contribution in [0.3, 0.4) is 0 Å². The Kier molecular flexibility index (Phi) is 3.90. The highest BCUT2D eigenvalue weighted by Crippen LogP contribution is 2.29. The van der Waals surface area contributed by atoms with Crippen molar-refractivity contribution in [3.8, 4) is 0 Å². The molecule has 1 heterocycles. The van der Waals surface area contributed by atoms with Gasteiger partial charge in [0.25, 0.3) is 5.91 Å². The van der Waals surface area contributed by atoms with E-state index in [1.54, 1.807) is 26.0 Å². The summed E-state index contributed by atoms with van der Waals surface area (Å²) >= 11 is 0. The predicted molar refractivity (Wildman–Crippen MR) is 77.4 cm³/mol. The van der Waals surface area contributed by atoms with E-state index in [0.717, 1.165) is 0 Å². The van der Waals surface area contributed by atoms with Gasteiger partial charge in [0.15, 0.2) is 11.3 Å². The number of carbonyl (C=O) groups excluding carboxylic acids is 2. The zero-order chi connectivity index (χ0) is 15.8. The first kappa shape index (κ1) is 15.7. The van der Waals surface area contributed by atoms with Gasteiger partial charge in [-0.15, -0.1) is 0 Å². The molecular formula is C14H18N2O4S. The van der Waals surface area contributed by atoms with Crippen molar-refractivity contribution in [2.75, 3.05) is 13.1 Å². The largest absolute Gasteiger partial charge is 0.341 e. The zero-order valence-corrected chi connectivity index (χ0v) is 13.0. The van der Waals surface area contributed by atoms with Crippen LogP contribution < -0.4 is 4.72 Å². The number of carbonyl (C=O) groups is 2. The van der Waals surface area contributed by atoms with Crippen molar-refractivity contribution < 1.29 is 18.0 Å². The second-order valence-electron chi connectivity index (χ2n) is 5.03. The number of nitrogens with zero attached hydrogens (tertiary/aromatic N) is 1. The van der Waals surface area contributed by atoms with E-state index in [2.05, 4.69) is 4.72 Å². The number of amides is 1. The van der Waals surface area contributed by atoms with E-state index in [1.807, 2.05) is 0 Å². The summed E-state index contributed by atoms with van der Waals surface area (Å²) in [5, 5.41) is 0. The lowest BCUT2D eigenvalue weighted by atomic mass is 9.90. The van der Waals surface area contributed by atoms with Gasteiger partial charge in [0, 0.05) is 18.7 Å². The molecule has 21 heavy (non-hydrogen) atoms. The van der Waals surface area contributed by atoms with Crippen LogP contribution in [0.4, 0.5) is 0 Å². The molecule has 0 saturated carbocycles. The average molecular weight is 310 g/mol. The van der Waals surface area contributed by atoms with E-state index in [-0.39, 0.29) is 10.5 Å². The Hall–Kier alpha value is -1.73. The highest BCUT2D eigenvalue weighted by Gasteiger charge is 2.51. The van der Waals surface area contributed by atoms with Gasteiger partial charge in [-0.25, -0.2) is 8.42 Å². The Labute approximate surface area is 124 Å². The Morgan fingerprint density at radius 1 is 1.24 bits per heavy atom. The lowest BCUT2D eigenvalue weighted by molar-refractivity contribution is -0.134. The maximum absolute atomic E-state index is 12.6. The second-order valence-corrected chi connectivity index (χ2v) is 6.68. The van der Waals surface area contributed by atoms with Crippen LogP contribution in [0.25, 0.3) is 0 Å². The minimum Gasteiger partial charge on any atom is -0.341 e. The molecule has 114 valence electrons. The van der Waals surface area contributed by atoms with Gasteiger partial charge in [-0.1, -0.05) is 12.1 Å². The third-order valence-corrected chi connectivity index (χ3v) is 5.30. The molecule has 1 aromatic carbocycles. The van der Waals surface area contributed by atoms with E-state index < -0.39 is 27.3 Å². The molecule has 0 saturated heterocycles. The van der Waals surface area contributed by atoms with Crippen LogP contribution in [0.15, 0.2) is 29.2 Å². The molecule has 0 spiro atoms.